The quantitative estimate of drug-likeness (QED) is 0.768. The van der Waals surface area contributed by atoms with E-state index in [1.807, 2.05) is 0 Å². The van der Waals surface area contributed by atoms with Gasteiger partial charge in [0.2, 0.25) is 0 Å². The minimum atomic E-state index is 0.435. The highest BCUT2D eigenvalue weighted by molar-refractivity contribution is 5.54. The van der Waals surface area contributed by atoms with Crippen molar-refractivity contribution >= 4 is 0 Å². The van der Waals surface area contributed by atoms with Crippen molar-refractivity contribution in [1.29, 1.82) is 0 Å². The first kappa shape index (κ1) is 12.9. The first-order valence-corrected chi connectivity index (χ1v) is 5.77. The van der Waals surface area contributed by atoms with Gasteiger partial charge in [-0.25, -0.2) is 0 Å². The predicted octanol–water partition coefficient (Wildman–Crippen LogP) is 3.95. The van der Waals surface area contributed by atoms with Crippen molar-refractivity contribution in [2.24, 2.45) is 0 Å². The first-order chi connectivity index (χ1) is 7.52. The van der Waals surface area contributed by atoms with Crippen LogP contribution < -0.4 is 9.47 Å². The van der Waals surface area contributed by atoms with Crippen molar-refractivity contribution in [1.82, 2.24) is 0 Å². The topological polar surface area (TPSA) is 18.5 Å². The molecule has 2 nitrogen and oxygen atoms in total. The Hall–Kier alpha value is -1.18. The third-order valence-electron chi connectivity index (χ3n) is 2.83. The monoisotopic (exact) mass is 222 g/mol. The van der Waals surface area contributed by atoms with Crippen LogP contribution in [0, 0.1) is 0 Å². The number of benzene rings is 1. The van der Waals surface area contributed by atoms with Gasteiger partial charge in [-0.3, -0.25) is 0 Å². The molecule has 0 heterocycles. The Morgan fingerprint density at radius 2 is 1.06 bits per heavy atom. The van der Waals surface area contributed by atoms with Gasteiger partial charge >= 0.3 is 0 Å². The summed E-state index contributed by atoms with van der Waals surface area (Å²) >= 11 is 0. The van der Waals surface area contributed by atoms with Crippen molar-refractivity contribution in [3.05, 3.63) is 23.3 Å². The van der Waals surface area contributed by atoms with Crippen molar-refractivity contribution in [2.45, 2.75) is 39.5 Å². The van der Waals surface area contributed by atoms with Crippen LogP contribution in [0.25, 0.3) is 0 Å². The zero-order valence-corrected chi connectivity index (χ0v) is 11.1. The van der Waals surface area contributed by atoms with Gasteiger partial charge < -0.3 is 9.47 Å². The predicted molar refractivity (Wildman–Crippen MR) is 67.7 cm³/mol. The van der Waals surface area contributed by atoms with E-state index < -0.39 is 0 Å². The van der Waals surface area contributed by atoms with Gasteiger partial charge in [-0.15, -0.1) is 0 Å². The van der Waals surface area contributed by atoms with E-state index in [4.69, 9.17) is 9.47 Å². The fourth-order valence-corrected chi connectivity index (χ4v) is 1.92. The number of hydrogen-bond donors (Lipinski definition) is 0. The lowest BCUT2D eigenvalue weighted by Crippen LogP contribution is -2.02. The summed E-state index contributed by atoms with van der Waals surface area (Å²) in [6.45, 7) is 8.64. The molecule has 0 N–H and O–H groups in total. The molecule has 0 amide bonds. The Labute approximate surface area is 98.6 Å². The summed E-state index contributed by atoms with van der Waals surface area (Å²) in [5, 5.41) is 0. The molecule has 0 fully saturated rings. The van der Waals surface area contributed by atoms with Crippen LogP contribution in [0.5, 0.6) is 11.5 Å². The number of hydrogen-bond acceptors (Lipinski definition) is 2. The molecule has 0 bridgehead atoms. The van der Waals surface area contributed by atoms with E-state index in [2.05, 4.69) is 39.8 Å². The largest absolute Gasteiger partial charge is 0.493 e. The van der Waals surface area contributed by atoms with Gasteiger partial charge in [0.1, 0.15) is 0 Å². The average Bonchev–Trinajstić information content (AvgIpc) is 2.26. The van der Waals surface area contributed by atoms with Crippen LogP contribution in [0.4, 0.5) is 0 Å². The van der Waals surface area contributed by atoms with Crippen LogP contribution in [-0.2, 0) is 0 Å². The van der Waals surface area contributed by atoms with E-state index in [0.717, 1.165) is 11.5 Å². The van der Waals surface area contributed by atoms with Crippen molar-refractivity contribution in [3.8, 4) is 11.5 Å². The fourth-order valence-electron chi connectivity index (χ4n) is 1.92. The van der Waals surface area contributed by atoms with Gasteiger partial charge in [-0.2, -0.15) is 0 Å². The van der Waals surface area contributed by atoms with Crippen LogP contribution >= 0.6 is 0 Å². The fraction of sp³-hybridized carbons (Fsp3) is 0.571. The lowest BCUT2D eigenvalue weighted by molar-refractivity contribution is 0.346. The van der Waals surface area contributed by atoms with Gasteiger partial charge in [-0.05, 0) is 11.8 Å². The Balaban J connectivity index is 3.40. The number of methoxy groups -OCH3 is 2. The molecule has 0 radical (unpaired) electrons. The minimum absolute atomic E-state index is 0.435. The summed E-state index contributed by atoms with van der Waals surface area (Å²) < 4.78 is 11.0. The first-order valence-electron chi connectivity index (χ1n) is 5.77. The summed E-state index contributed by atoms with van der Waals surface area (Å²) in [7, 11) is 3.40. The molecule has 0 aliphatic carbocycles. The lowest BCUT2D eigenvalue weighted by atomic mass is 9.95. The maximum atomic E-state index is 5.49. The lowest BCUT2D eigenvalue weighted by Gasteiger charge is -2.19. The summed E-state index contributed by atoms with van der Waals surface area (Å²) in [5.41, 5.74) is 2.40. The van der Waals surface area contributed by atoms with E-state index >= 15 is 0 Å². The maximum absolute atomic E-state index is 5.49. The molecular formula is C14H22O2. The van der Waals surface area contributed by atoms with Gasteiger partial charge in [0.25, 0.3) is 0 Å². The molecular weight excluding hydrogens is 200 g/mol. The molecule has 0 aliphatic rings. The molecule has 0 saturated heterocycles. The molecule has 1 rings (SSSR count). The second-order valence-electron chi connectivity index (χ2n) is 4.62. The minimum Gasteiger partial charge on any atom is -0.493 e. The third-order valence-corrected chi connectivity index (χ3v) is 2.83. The Morgan fingerprint density at radius 3 is 1.25 bits per heavy atom. The highest BCUT2D eigenvalue weighted by Gasteiger charge is 2.18. The van der Waals surface area contributed by atoms with E-state index in [1.165, 1.54) is 11.1 Å². The molecule has 16 heavy (non-hydrogen) atoms. The van der Waals surface area contributed by atoms with Gasteiger partial charge in [0.05, 0.1) is 14.2 Å². The average molecular weight is 222 g/mol. The molecule has 0 aromatic heterocycles. The van der Waals surface area contributed by atoms with Crippen LogP contribution in [0.2, 0.25) is 0 Å². The second kappa shape index (κ2) is 5.24. The molecule has 0 atom stereocenters. The van der Waals surface area contributed by atoms with E-state index in [1.54, 1.807) is 14.2 Å². The molecule has 0 unspecified atom stereocenters. The van der Waals surface area contributed by atoms with E-state index in [9.17, 15) is 0 Å². The Bertz CT molecular complexity index is 319. The standard InChI is InChI=1S/C14H22O2/c1-9(2)11-7-8-12(10(3)4)14(16-6)13(11)15-5/h7-10H,1-6H3. The van der Waals surface area contributed by atoms with Crippen LogP contribution in [0.1, 0.15) is 50.7 Å². The van der Waals surface area contributed by atoms with Crippen molar-refractivity contribution < 1.29 is 9.47 Å². The van der Waals surface area contributed by atoms with Gasteiger partial charge in [0.15, 0.2) is 11.5 Å². The van der Waals surface area contributed by atoms with E-state index in [0.29, 0.717) is 11.8 Å². The smallest absolute Gasteiger partial charge is 0.164 e. The Morgan fingerprint density at radius 1 is 0.750 bits per heavy atom. The third kappa shape index (κ3) is 2.31. The normalized spacial score (nSPS) is 11.0. The van der Waals surface area contributed by atoms with Crippen LogP contribution in [0.15, 0.2) is 12.1 Å². The van der Waals surface area contributed by atoms with Crippen LogP contribution in [0.3, 0.4) is 0 Å². The van der Waals surface area contributed by atoms with Crippen LogP contribution in [-0.4, -0.2) is 14.2 Å². The van der Waals surface area contributed by atoms with Gasteiger partial charge in [-0.1, -0.05) is 39.8 Å². The Kier molecular flexibility index (Phi) is 4.22. The van der Waals surface area contributed by atoms with Crippen molar-refractivity contribution in [2.75, 3.05) is 14.2 Å². The second-order valence-corrected chi connectivity index (χ2v) is 4.62. The number of rotatable bonds is 4. The summed E-state index contributed by atoms with van der Waals surface area (Å²) in [6, 6.07) is 4.28. The van der Waals surface area contributed by atoms with Crippen molar-refractivity contribution in [3.63, 3.8) is 0 Å². The maximum Gasteiger partial charge on any atom is 0.164 e. The summed E-state index contributed by atoms with van der Waals surface area (Å²) in [5.74, 6) is 2.63. The SMILES string of the molecule is COc1c(C(C)C)ccc(C(C)C)c1OC. The van der Waals surface area contributed by atoms with E-state index in [-0.39, 0.29) is 0 Å². The molecule has 1 aromatic rings. The highest BCUT2D eigenvalue weighted by Crippen LogP contribution is 2.40. The number of ether oxygens (including phenoxy) is 2. The molecule has 0 aliphatic heterocycles. The molecule has 90 valence electrons. The molecule has 2 heteroatoms. The summed E-state index contributed by atoms with van der Waals surface area (Å²) in [6.07, 6.45) is 0. The van der Waals surface area contributed by atoms with Gasteiger partial charge in [0, 0.05) is 11.1 Å². The highest BCUT2D eigenvalue weighted by atomic mass is 16.5. The molecule has 0 spiro atoms. The zero-order chi connectivity index (χ0) is 12.3. The molecule has 1 aromatic carbocycles. The summed E-state index contributed by atoms with van der Waals surface area (Å²) in [4.78, 5) is 0. The molecule has 0 saturated carbocycles. The zero-order valence-electron chi connectivity index (χ0n) is 11.1.